The molecule has 2 aliphatic heterocycles. The lowest BCUT2D eigenvalue weighted by Crippen LogP contribution is -2.39. The summed E-state index contributed by atoms with van der Waals surface area (Å²) in [6.07, 6.45) is 3.57. The van der Waals surface area contributed by atoms with Crippen LogP contribution >= 0.6 is 24.0 Å². The molecule has 2 aromatic heterocycles. The summed E-state index contributed by atoms with van der Waals surface area (Å²) >= 11 is 6.43. The van der Waals surface area contributed by atoms with E-state index < -0.39 is 15.9 Å². The van der Waals surface area contributed by atoms with Gasteiger partial charge in [0, 0.05) is 12.7 Å². The maximum Gasteiger partial charge on any atom is 0.267 e. The smallest absolute Gasteiger partial charge is 0.267 e. The lowest BCUT2D eigenvalue weighted by molar-refractivity contribution is -0.123. The van der Waals surface area contributed by atoms with Gasteiger partial charge in [-0.1, -0.05) is 30.0 Å². The highest BCUT2D eigenvalue weighted by Crippen LogP contribution is 2.36. The highest BCUT2D eigenvalue weighted by atomic mass is 32.2. The van der Waals surface area contributed by atoms with Crippen LogP contribution in [0, 0.1) is 6.92 Å². The molecule has 1 atom stereocenters. The average Bonchev–Trinajstić information content (AvgIpc) is 3.17. The van der Waals surface area contributed by atoms with Crippen LogP contribution in [0.25, 0.3) is 11.7 Å². The van der Waals surface area contributed by atoms with E-state index in [-0.39, 0.29) is 33.4 Å². The Morgan fingerprint density at radius 2 is 2.13 bits per heavy atom. The molecular formula is C19H20N4O4S3. The van der Waals surface area contributed by atoms with Crippen LogP contribution in [0.2, 0.25) is 0 Å². The van der Waals surface area contributed by atoms with Crippen LogP contribution in [0.4, 0.5) is 5.82 Å². The zero-order chi connectivity index (χ0) is 21.6. The van der Waals surface area contributed by atoms with Crippen LogP contribution in [0.5, 0.6) is 0 Å². The number of fused-ring (bicyclic) bond motifs is 1. The molecule has 11 heteroatoms. The Bertz CT molecular complexity index is 1270. The Hall–Kier alpha value is -2.24. The minimum Gasteiger partial charge on any atom is -0.370 e. The minimum absolute atomic E-state index is 0.0492. The number of rotatable bonds is 4. The molecule has 2 aliphatic rings. The van der Waals surface area contributed by atoms with Crippen LogP contribution in [0.1, 0.15) is 24.5 Å². The van der Waals surface area contributed by atoms with E-state index in [4.69, 9.17) is 12.2 Å². The zero-order valence-electron chi connectivity index (χ0n) is 16.4. The zero-order valence-corrected chi connectivity index (χ0v) is 18.9. The molecule has 158 valence electrons. The van der Waals surface area contributed by atoms with Gasteiger partial charge >= 0.3 is 0 Å². The van der Waals surface area contributed by atoms with E-state index in [1.54, 1.807) is 12.3 Å². The third kappa shape index (κ3) is 3.77. The summed E-state index contributed by atoms with van der Waals surface area (Å²) in [4.78, 5) is 32.4. The van der Waals surface area contributed by atoms with Crippen molar-refractivity contribution in [1.29, 1.82) is 0 Å². The second kappa shape index (κ2) is 7.78. The van der Waals surface area contributed by atoms with Crippen molar-refractivity contribution < 1.29 is 13.2 Å². The number of anilines is 1. The Morgan fingerprint density at radius 3 is 2.80 bits per heavy atom. The fourth-order valence-electron chi connectivity index (χ4n) is 3.60. The van der Waals surface area contributed by atoms with Crippen molar-refractivity contribution in [3.63, 3.8) is 0 Å². The largest absolute Gasteiger partial charge is 0.370 e. The number of pyridine rings is 1. The predicted molar refractivity (Wildman–Crippen MR) is 122 cm³/mol. The first-order valence-electron chi connectivity index (χ1n) is 9.44. The summed E-state index contributed by atoms with van der Waals surface area (Å²) in [6, 6.07) is 3.18. The SMILES string of the molecule is CCNc1nc2ccc(C)cn2c(=O)c1/C=C1/SC(=S)N(C2CCS(=O)(=O)C2)C1=O. The van der Waals surface area contributed by atoms with E-state index >= 15 is 0 Å². The third-order valence-corrected chi connectivity index (χ3v) is 8.10. The standard InChI is InChI=1S/C19H20N4O4S3/c1-3-20-16-13(17(24)22-9-11(2)4-5-15(22)21-16)8-14-18(25)23(19(28)29-14)12-6-7-30(26,27)10-12/h4-5,8-9,12,20H,3,6-7,10H2,1-2H3/b14-8+. The molecule has 8 nitrogen and oxygen atoms in total. The lowest BCUT2D eigenvalue weighted by atomic mass is 10.2. The van der Waals surface area contributed by atoms with Gasteiger partial charge in [-0.3, -0.25) is 18.9 Å². The van der Waals surface area contributed by atoms with Gasteiger partial charge in [-0.05, 0) is 38.0 Å². The molecule has 0 radical (unpaired) electrons. The Morgan fingerprint density at radius 1 is 1.37 bits per heavy atom. The van der Waals surface area contributed by atoms with Crippen LogP contribution in [-0.2, 0) is 14.6 Å². The predicted octanol–water partition coefficient (Wildman–Crippen LogP) is 1.82. The Balaban J connectivity index is 1.78. The van der Waals surface area contributed by atoms with E-state index in [1.807, 2.05) is 19.9 Å². The van der Waals surface area contributed by atoms with Gasteiger partial charge in [-0.25, -0.2) is 13.4 Å². The fourth-order valence-corrected chi connectivity index (χ4v) is 6.68. The molecule has 0 saturated carbocycles. The summed E-state index contributed by atoms with van der Waals surface area (Å²) in [5.74, 6) is -0.0222. The lowest BCUT2D eigenvalue weighted by Gasteiger charge is -2.20. The summed E-state index contributed by atoms with van der Waals surface area (Å²) in [7, 11) is -3.16. The van der Waals surface area contributed by atoms with Gasteiger partial charge in [-0.2, -0.15) is 0 Å². The van der Waals surface area contributed by atoms with Gasteiger partial charge in [0.15, 0.2) is 9.84 Å². The molecule has 1 N–H and O–H groups in total. The molecule has 2 saturated heterocycles. The van der Waals surface area contributed by atoms with Gasteiger partial charge in [0.05, 0.1) is 28.0 Å². The molecule has 0 bridgehead atoms. The van der Waals surface area contributed by atoms with Crippen molar-refractivity contribution in [3.05, 3.63) is 44.7 Å². The molecule has 0 aliphatic carbocycles. The van der Waals surface area contributed by atoms with Crippen LogP contribution in [0.15, 0.2) is 28.0 Å². The van der Waals surface area contributed by atoms with E-state index in [9.17, 15) is 18.0 Å². The van der Waals surface area contributed by atoms with Gasteiger partial charge in [0.2, 0.25) is 0 Å². The van der Waals surface area contributed by atoms with Crippen molar-refractivity contribution in [2.45, 2.75) is 26.3 Å². The fraction of sp³-hybridized carbons (Fsp3) is 0.368. The number of aromatic nitrogens is 2. The minimum atomic E-state index is -3.16. The van der Waals surface area contributed by atoms with Gasteiger partial charge < -0.3 is 5.32 Å². The highest BCUT2D eigenvalue weighted by Gasteiger charge is 2.42. The number of hydrogen-bond donors (Lipinski definition) is 1. The summed E-state index contributed by atoms with van der Waals surface area (Å²) in [5, 5.41) is 3.09. The van der Waals surface area contributed by atoms with E-state index in [1.165, 1.54) is 15.4 Å². The number of carbonyl (C=O) groups is 1. The number of nitrogens with one attached hydrogen (secondary N) is 1. The molecular weight excluding hydrogens is 444 g/mol. The normalized spacial score (nSPS) is 22.4. The number of carbonyl (C=O) groups excluding carboxylic acids is 1. The topological polar surface area (TPSA) is 101 Å². The first-order valence-corrected chi connectivity index (χ1v) is 12.5. The highest BCUT2D eigenvalue weighted by molar-refractivity contribution is 8.26. The van der Waals surface area contributed by atoms with Gasteiger partial charge in [0.25, 0.3) is 11.5 Å². The molecule has 30 heavy (non-hydrogen) atoms. The first-order chi connectivity index (χ1) is 14.2. The van der Waals surface area contributed by atoms with E-state index in [2.05, 4.69) is 10.3 Å². The number of nitrogens with zero attached hydrogens (tertiary/aromatic N) is 3. The molecule has 0 aromatic carbocycles. The molecule has 4 heterocycles. The van der Waals surface area contributed by atoms with Gasteiger partial charge in [0.1, 0.15) is 15.8 Å². The van der Waals surface area contributed by atoms with Crippen LogP contribution in [0.3, 0.4) is 0 Å². The van der Waals surface area contributed by atoms with Crippen molar-refractivity contribution in [2.75, 3.05) is 23.4 Å². The third-order valence-electron chi connectivity index (χ3n) is 5.02. The molecule has 1 amide bonds. The van der Waals surface area contributed by atoms with Crippen molar-refractivity contribution in [3.8, 4) is 0 Å². The quantitative estimate of drug-likeness (QED) is 0.540. The number of hydrogen-bond acceptors (Lipinski definition) is 8. The average molecular weight is 465 g/mol. The van der Waals surface area contributed by atoms with Crippen LogP contribution < -0.4 is 10.9 Å². The first kappa shape index (κ1) is 21.0. The van der Waals surface area contributed by atoms with Crippen molar-refractivity contribution in [2.24, 2.45) is 0 Å². The van der Waals surface area contributed by atoms with E-state index in [0.717, 1.165) is 17.3 Å². The van der Waals surface area contributed by atoms with E-state index in [0.29, 0.717) is 28.8 Å². The second-order valence-electron chi connectivity index (χ2n) is 7.25. The summed E-state index contributed by atoms with van der Waals surface area (Å²) < 4.78 is 25.4. The second-order valence-corrected chi connectivity index (χ2v) is 11.2. The van der Waals surface area contributed by atoms with Crippen molar-refractivity contribution >= 4 is 61.6 Å². The number of aryl methyl sites for hydroxylation is 1. The Labute approximate surface area is 183 Å². The summed E-state index contributed by atoms with van der Waals surface area (Å²) in [6.45, 7) is 4.32. The molecule has 1 unspecified atom stereocenters. The monoisotopic (exact) mass is 464 g/mol. The van der Waals surface area contributed by atoms with Crippen LogP contribution in [-0.4, -0.2) is 57.0 Å². The maximum absolute atomic E-state index is 13.2. The number of thioether (sulfide) groups is 1. The number of sulfone groups is 1. The van der Waals surface area contributed by atoms with Gasteiger partial charge in [-0.15, -0.1) is 0 Å². The Kier molecular flexibility index (Phi) is 5.45. The maximum atomic E-state index is 13.2. The number of amides is 1. The summed E-state index contributed by atoms with van der Waals surface area (Å²) in [5.41, 5.74) is 1.37. The molecule has 2 aromatic rings. The molecule has 0 spiro atoms. The number of thiocarbonyl (C=S) groups is 1. The van der Waals surface area contributed by atoms with Crippen molar-refractivity contribution in [1.82, 2.24) is 14.3 Å². The molecule has 4 rings (SSSR count). The molecule has 2 fully saturated rings.